The Bertz CT molecular complexity index is 1090. The van der Waals surface area contributed by atoms with Crippen LogP contribution in [0.2, 0.25) is 5.02 Å². The van der Waals surface area contributed by atoms with Gasteiger partial charge >= 0.3 is 5.97 Å². The fourth-order valence-corrected chi connectivity index (χ4v) is 3.57. The second-order valence-corrected chi connectivity index (χ2v) is 7.61. The number of carbonyl (C=O) groups excluding carboxylic acids is 1. The summed E-state index contributed by atoms with van der Waals surface area (Å²) in [6.07, 6.45) is 1.12. The fraction of sp³-hybridized carbons (Fsp3) is 0.227. The number of halogens is 1. The van der Waals surface area contributed by atoms with Gasteiger partial charge in [0.15, 0.2) is 5.78 Å². The van der Waals surface area contributed by atoms with Crippen LogP contribution in [0.25, 0.3) is 0 Å². The first-order valence-corrected chi connectivity index (χ1v) is 9.68. The molecule has 0 saturated carbocycles. The smallest absolute Gasteiger partial charge is 0.304 e. The van der Waals surface area contributed by atoms with E-state index in [2.05, 4.69) is 5.10 Å². The number of benzene rings is 2. The predicted molar refractivity (Wildman–Crippen MR) is 111 cm³/mol. The number of phenols is 2. The molecule has 156 valence electrons. The molecule has 1 heterocycles. The van der Waals surface area contributed by atoms with Crippen molar-refractivity contribution in [1.82, 2.24) is 9.78 Å². The van der Waals surface area contributed by atoms with Crippen molar-refractivity contribution in [3.8, 4) is 11.5 Å². The summed E-state index contributed by atoms with van der Waals surface area (Å²) in [5.74, 6) is -3.27. The van der Waals surface area contributed by atoms with E-state index in [1.54, 1.807) is 22.9 Å². The summed E-state index contributed by atoms with van der Waals surface area (Å²) in [4.78, 5) is 24.5. The van der Waals surface area contributed by atoms with Crippen molar-refractivity contribution in [2.75, 3.05) is 0 Å². The van der Waals surface area contributed by atoms with Crippen LogP contribution in [-0.4, -0.2) is 36.9 Å². The second-order valence-electron chi connectivity index (χ2n) is 7.18. The van der Waals surface area contributed by atoms with Crippen LogP contribution >= 0.6 is 11.6 Å². The van der Waals surface area contributed by atoms with Gasteiger partial charge in [-0.3, -0.25) is 14.3 Å². The first kappa shape index (κ1) is 21.4. The molecule has 7 nitrogen and oxygen atoms in total. The van der Waals surface area contributed by atoms with E-state index in [4.69, 9.17) is 11.6 Å². The molecule has 30 heavy (non-hydrogen) atoms. The lowest BCUT2D eigenvalue weighted by molar-refractivity contribution is -0.137. The van der Waals surface area contributed by atoms with Crippen molar-refractivity contribution in [2.45, 2.75) is 32.2 Å². The minimum atomic E-state index is -1.12. The predicted octanol–water partition coefficient (Wildman–Crippen LogP) is 4.37. The second kappa shape index (κ2) is 8.59. The highest BCUT2D eigenvalue weighted by atomic mass is 35.5. The molecule has 3 rings (SSSR count). The molecule has 1 unspecified atom stereocenters. The van der Waals surface area contributed by atoms with Gasteiger partial charge in [-0.2, -0.15) is 5.10 Å². The Morgan fingerprint density at radius 2 is 1.73 bits per heavy atom. The van der Waals surface area contributed by atoms with Gasteiger partial charge in [0.25, 0.3) is 0 Å². The highest BCUT2D eigenvalue weighted by Crippen LogP contribution is 2.42. The van der Waals surface area contributed by atoms with Crippen LogP contribution in [0.5, 0.6) is 11.5 Å². The molecule has 0 saturated heterocycles. The molecule has 0 aliphatic heterocycles. The van der Waals surface area contributed by atoms with Gasteiger partial charge in [0.2, 0.25) is 0 Å². The lowest BCUT2D eigenvalue weighted by Gasteiger charge is -2.22. The molecule has 0 aliphatic carbocycles. The van der Waals surface area contributed by atoms with Crippen molar-refractivity contribution in [3.05, 3.63) is 76.1 Å². The Balaban J connectivity index is 2.16. The van der Waals surface area contributed by atoms with E-state index in [1.807, 2.05) is 13.8 Å². The third-order valence-corrected chi connectivity index (χ3v) is 5.07. The van der Waals surface area contributed by atoms with Gasteiger partial charge in [-0.25, -0.2) is 0 Å². The van der Waals surface area contributed by atoms with E-state index in [0.29, 0.717) is 16.3 Å². The molecule has 1 atom stereocenters. The minimum absolute atomic E-state index is 0.0281. The Morgan fingerprint density at radius 1 is 1.07 bits per heavy atom. The third kappa shape index (κ3) is 4.16. The lowest BCUT2D eigenvalue weighted by atomic mass is 9.87. The summed E-state index contributed by atoms with van der Waals surface area (Å²) in [6, 6.07) is 10.3. The van der Waals surface area contributed by atoms with E-state index >= 15 is 0 Å². The molecule has 0 aliphatic rings. The quantitative estimate of drug-likeness (QED) is 0.482. The van der Waals surface area contributed by atoms with Crippen LogP contribution in [0.1, 0.15) is 59.4 Å². The molecule has 0 fully saturated rings. The molecule has 0 bridgehead atoms. The summed E-state index contributed by atoms with van der Waals surface area (Å²) in [5, 5.41) is 35.6. The molecule has 3 N–H and O–H groups in total. The Morgan fingerprint density at radius 3 is 2.33 bits per heavy atom. The highest BCUT2D eigenvalue weighted by Gasteiger charge is 2.30. The van der Waals surface area contributed by atoms with Gasteiger partial charge in [0.1, 0.15) is 11.5 Å². The monoisotopic (exact) mass is 428 g/mol. The van der Waals surface area contributed by atoms with Crippen LogP contribution in [0.15, 0.2) is 48.7 Å². The van der Waals surface area contributed by atoms with Gasteiger partial charge in [-0.1, -0.05) is 11.6 Å². The fourth-order valence-electron chi connectivity index (χ4n) is 3.44. The summed E-state index contributed by atoms with van der Waals surface area (Å²) in [6.45, 7) is 3.77. The average molecular weight is 429 g/mol. The van der Waals surface area contributed by atoms with Crippen LogP contribution in [0, 0.1) is 0 Å². The summed E-state index contributed by atoms with van der Waals surface area (Å²) in [7, 11) is 0. The zero-order valence-corrected chi connectivity index (χ0v) is 17.2. The maximum atomic E-state index is 12.9. The number of carboxylic acid groups (broad SMARTS) is 1. The van der Waals surface area contributed by atoms with Gasteiger partial charge in [-0.15, -0.1) is 0 Å². The molecule has 2 aromatic carbocycles. The largest absolute Gasteiger partial charge is 0.508 e. The van der Waals surface area contributed by atoms with Crippen molar-refractivity contribution in [3.63, 3.8) is 0 Å². The Hall–Kier alpha value is -3.32. The van der Waals surface area contributed by atoms with Crippen LogP contribution in [0.4, 0.5) is 0 Å². The molecule has 0 spiro atoms. The van der Waals surface area contributed by atoms with E-state index in [-0.39, 0.29) is 22.9 Å². The molecule has 3 aromatic rings. The average Bonchev–Trinajstić information content (AvgIpc) is 3.17. The maximum Gasteiger partial charge on any atom is 0.304 e. The lowest BCUT2D eigenvalue weighted by Crippen LogP contribution is -2.16. The van der Waals surface area contributed by atoms with E-state index in [9.17, 15) is 24.9 Å². The number of carboxylic acids is 1. The van der Waals surface area contributed by atoms with Crippen molar-refractivity contribution < 1.29 is 24.9 Å². The number of phenolic OH excluding ortho intramolecular Hbond substituents is 2. The zero-order valence-electron chi connectivity index (χ0n) is 16.4. The topological polar surface area (TPSA) is 113 Å². The number of carbonyl (C=O) groups is 2. The highest BCUT2D eigenvalue weighted by molar-refractivity contribution is 6.30. The van der Waals surface area contributed by atoms with E-state index in [1.165, 1.54) is 30.5 Å². The number of hydrogen-bond donors (Lipinski definition) is 3. The zero-order chi connectivity index (χ0) is 22.0. The number of rotatable bonds is 7. The Kier molecular flexibility index (Phi) is 6.12. The van der Waals surface area contributed by atoms with Crippen LogP contribution in [-0.2, 0) is 4.79 Å². The normalized spacial score (nSPS) is 12.1. The van der Waals surface area contributed by atoms with Gasteiger partial charge in [-0.05, 0) is 56.3 Å². The number of nitrogens with zero attached hydrogens (tertiary/aromatic N) is 2. The third-order valence-electron chi connectivity index (χ3n) is 4.82. The summed E-state index contributed by atoms with van der Waals surface area (Å²) < 4.78 is 1.63. The maximum absolute atomic E-state index is 12.9. The molecular formula is C22H21ClN2O5. The molecule has 0 amide bonds. The van der Waals surface area contributed by atoms with E-state index < -0.39 is 29.8 Å². The summed E-state index contributed by atoms with van der Waals surface area (Å²) in [5.41, 5.74) is 0.734. The minimum Gasteiger partial charge on any atom is -0.508 e. The van der Waals surface area contributed by atoms with Crippen molar-refractivity contribution in [1.29, 1.82) is 0 Å². The molecule has 0 radical (unpaired) electrons. The summed E-state index contributed by atoms with van der Waals surface area (Å²) >= 11 is 5.87. The first-order chi connectivity index (χ1) is 14.2. The number of aromatic nitrogens is 2. The van der Waals surface area contributed by atoms with Gasteiger partial charge in [0.05, 0.1) is 12.0 Å². The molecule has 8 heteroatoms. The van der Waals surface area contributed by atoms with Crippen molar-refractivity contribution >= 4 is 23.4 Å². The first-order valence-electron chi connectivity index (χ1n) is 9.31. The Labute approximate surface area is 178 Å². The SMILES string of the molecule is CC(C)n1nccc1C(CC(=O)O)c1c(O)ccc(C(=O)c2ccc(Cl)cc2)c1O. The standard InChI is InChI=1S/C22H21ClN2O5/c1-12(2)25-17(9-10-24-25)16(11-19(27)28)20-18(26)8-7-15(22(20)30)21(29)13-3-5-14(23)6-4-13/h3-10,12,16,26,30H,11H2,1-2H3,(H,27,28). The molecule has 1 aromatic heterocycles. The number of aliphatic carboxylic acids is 1. The van der Waals surface area contributed by atoms with Gasteiger partial charge in [0, 0.05) is 40.0 Å². The van der Waals surface area contributed by atoms with Crippen molar-refractivity contribution in [2.24, 2.45) is 0 Å². The number of ketones is 1. The van der Waals surface area contributed by atoms with Crippen LogP contribution < -0.4 is 0 Å². The van der Waals surface area contributed by atoms with Crippen LogP contribution in [0.3, 0.4) is 0 Å². The molecular weight excluding hydrogens is 408 g/mol. The number of aromatic hydroxyl groups is 2. The number of hydrogen-bond acceptors (Lipinski definition) is 5. The van der Waals surface area contributed by atoms with Gasteiger partial charge < -0.3 is 15.3 Å². The van der Waals surface area contributed by atoms with E-state index in [0.717, 1.165) is 0 Å².